The number of amides is 2. The Morgan fingerprint density at radius 3 is 2.92 bits per heavy atom. The van der Waals surface area contributed by atoms with Crippen LogP contribution < -0.4 is 10.6 Å². The van der Waals surface area contributed by atoms with Crippen LogP contribution in [-0.4, -0.2) is 46.1 Å². The molecule has 0 aliphatic carbocycles. The molecule has 0 unspecified atom stereocenters. The number of aromatic nitrogens is 2. The number of nitrogens with one attached hydrogen (secondary N) is 2. The summed E-state index contributed by atoms with van der Waals surface area (Å²) in [5, 5.41) is 10.1. The molecule has 128 valence electrons. The van der Waals surface area contributed by atoms with Gasteiger partial charge in [-0.25, -0.2) is 0 Å². The van der Waals surface area contributed by atoms with Crippen molar-refractivity contribution in [3.63, 3.8) is 0 Å². The van der Waals surface area contributed by atoms with E-state index >= 15 is 0 Å². The van der Waals surface area contributed by atoms with Gasteiger partial charge in [0.1, 0.15) is 5.76 Å². The van der Waals surface area contributed by atoms with Crippen LogP contribution in [0.3, 0.4) is 0 Å². The van der Waals surface area contributed by atoms with E-state index < -0.39 is 0 Å². The topological polar surface area (TPSA) is 92.4 Å². The van der Waals surface area contributed by atoms with Crippen molar-refractivity contribution in [3.8, 4) is 0 Å². The Hall–Kier alpha value is -2.61. The number of aryl methyl sites for hydroxylation is 1. The number of nitrogens with zero attached hydrogens (tertiary/aromatic N) is 3. The summed E-state index contributed by atoms with van der Waals surface area (Å²) >= 11 is 0. The molecule has 3 heterocycles. The van der Waals surface area contributed by atoms with E-state index in [4.69, 9.17) is 4.42 Å². The highest BCUT2D eigenvalue weighted by atomic mass is 16.3. The maximum Gasteiger partial charge on any atom is 0.234 e. The van der Waals surface area contributed by atoms with Gasteiger partial charge in [-0.1, -0.05) is 0 Å². The van der Waals surface area contributed by atoms with Gasteiger partial charge in [0.25, 0.3) is 0 Å². The Kier molecular flexibility index (Phi) is 4.66. The maximum atomic E-state index is 12.1. The third kappa shape index (κ3) is 3.33. The third-order valence-electron chi connectivity index (χ3n) is 4.31. The average molecular weight is 331 g/mol. The van der Waals surface area contributed by atoms with Crippen LogP contribution in [0.25, 0.3) is 0 Å². The van der Waals surface area contributed by atoms with Crippen molar-refractivity contribution in [2.75, 3.05) is 13.6 Å². The monoisotopic (exact) mass is 331 g/mol. The molecule has 0 saturated carbocycles. The van der Waals surface area contributed by atoms with Gasteiger partial charge in [-0.15, -0.1) is 0 Å². The van der Waals surface area contributed by atoms with Crippen LogP contribution >= 0.6 is 0 Å². The van der Waals surface area contributed by atoms with Crippen LogP contribution in [-0.2, 0) is 23.2 Å². The van der Waals surface area contributed by atoms with Gasteiger partial charge in [-0.05, 0) is 18.2 Å². The number of furan rings is 1. The van der Waals surface area contributed by atoms with E-state index in [-0.39, 0.29) is 30.4 Å². The minimum Gasteiger partial charge on any atom is -0.467 e. The van der Waals surface area contributed by atoms with Crippen LogP contribution in [0.1, 0.15) is 23.9 Å². The summed E-state index contributed by atoms with van der Waals surface area (Å²) in [5.41, 5.74) is 0.942. The number of carbonyl (C=O) groups excluding carboxylic acids is 2. The molecule has 24 heavy (non-hydrogen) atoms. The van der Waals surface area contributed by atoms with Gasteiger partial charge >= 0.3 is 0 Å². The summed E-state index contributed by atoms with van der Waals surface area (Å²) in [4.78, 5) is 25.8. The minimum absolute atomic E-state index is 0.0506. The predicted octanol–water partition coefficient (Wildman–Crippen LogP) is 0.191. The molecule has 2 amide bonds. The molecular weight excluding hydrogens is 310 g/mol. The lowest BCUT2D eigenvalue weighted by molar-refractivity contribution is -0.127. The van der Waals surface area contributed by atoms with Crippen molar-refractivity contribution < 1.29 is 14.0 Å². The van der Waals surface area contributed by atoms with E-state index in [0.29, 0.717) is 18.7 Å². The second-order valence-corrected chi connectivity index (χ2v) is 5.88. The summed E-state index contributed by atoms with van der Waals surface area (Å²) < 4.78 is 6.93. The fourth-order valence-electron chi connectivity index (χ4n) is 3.02. The van der Waals surface area contributed by atoms with E-state index in [0.717, 1.165) is 5.69 Å². The smallest absolute Gasteiger partial charge is 0.234 e. The molecule has 2 aromatic heterocycles. The molecule has 0 bridgehead atoms. The van der Waals surface area contributed by atoms with Gasteiger partial charge in [0.2, 0.25) is 11.8 Å². The zero-order chi connectivity index (χ0) is 17.1. The van der Waals surface area contributed by atoms with E-state index in [1.165, 1.54) is 0 Å². The number of carbonyl (C=O) groups is 2. The van der Waals surface area contributed by atoms with Crippen LogP contribution in [0.4, 0.5) is 0 Å². The average Bonchev–Trinajstić information content (AvgIpc) is 3.27. The van der Waals surface area contributed by atoms with Gasteiger partial charge in [0.15, 0.2) is 0 Å². The summed E-state index contributed by atoms with van der Waals surface area (Å²) in [7, 11) is 3.62. The lowest BCUT2D eigenvalue weighted by atomic mass is 10.1. The number of likely N-dealkylation sites (N-methyl/N-ethyl adjacent to an activating group) is 1. The van der Waals surface area contributed by atoms with Gasteiger partial charge < -0.3 is 20.0 Å². The van der Waals surface area contributed by atoms with Crippen molar-refractivity contribution in [1.29, 1.82) is 0 Å². The predicted molar refractivity (Wildman–Crippen MR) is 85.7 cm³/mol. The molecule has 1 aliphatic heterocycles. The highest BCUT2D eigenvalue weighted by Crippen LogP contribution is 2.31. The molecule has 8 heteroatoms. The Bertz CT molecular complexity index is 709. The molecule has 1 saturated heterocycles. The van der Waals surface area contributed by atoms with Gasteiger partial charge in [0.05, 0.1) is 31.1 Å². The van der Waals surface area contributed by atoms with Crippen LogP contribution in [0.2, 0.25) is 0 Å². The Balaban J connectivity index is 1.58. The summed E-state index contributed by atoms with van der Waals surface area (Å²) in [6.07, 6.45) is 3.63. The largest absolute Gasteiger partial charge is 0.467 e. The standard InChI is InChI=1S/C16H21N5O3/c1-20-15(23)8-12(16(20)13-5-6-19-21(13)2)17-10-14(22)18-9-11-4-3-7-24-11/h3-7,12,16-17H,8-10H2,1-2H3,(H,18,22)/t12-,16-/m1/s1. The Morgan fingerprint density at radius 2 is 2.25 bits per heavy atom. The molecule has 3 rings (SSSR count). The first-order valence-corrected chi connectivity index (χ1v) is 7.82. The number of hydrogen-bond donors (Lipinski definition) is 2. The SMILES string of the molecule is CN1C(=O)C[C@@H](NCC(=O)NCc2ccco2)[C@@H]1c1ccnn1C. The highest BCUT2D eigenvalue weighted by Gasteiger charge is 2.39. The lowest BCUT2D eigenvalue weighted by Gasteiger charge is -2.25. The summed E-state index contributed by atoms with van der Waals surface area (Å²) in [6, 6.07) is 5.20. The molecule has 1 aliphatic rings. The minimum atomic E-state index is -0.142. The molecule has 2 atom stereocenters. The van der Waals surface area contributed by atoms with Gasteiger partial charge in [0, 0.05) is 32.8 Å². The fraction of sp³-hybridized carbons (Fsp3) is 0.438. The first-order chi connectivity index (χ1) is 11.6. The normalized spacial score (nSPS) is 20.6. The van der Waals surface area contributed by atoms with E-state index in [1.807, 2.05) is 13.1 Å². The number of likely N-dealkylation sites (tertiary alicyclic amines) is 1. The Labute approximate surface area is 139 Å². The molecule has 0 spiro atoms. The van der Waals surface area contributed by atoms with Gasteiger partial charge in [-0.3, -0.25) is 14.3 Å². The highest BCUT2D eigenvalue weighted by molar-refractivity contribution is 5.81. The van der Waals surface area contributed by atoms with Crippen molar-refractivity contribution in [1.82, 2.24) is 25.3 Å². The number of rotatable bonds is 6. The maximum absolute atomic E-state index is 12.1. The molecular formula is C16H21N5O3. The zero-order valence-corrected chi connectivity index (χ0v) is 13.7. The van der Waals surface area contributed by atoms with Crippen molar-refractivity contribution in [2.24, 2.45) is 7.05 Å². The zero-order valence-electron chi connectivity index (χ0n) is 13.7. The molecule has 2 N–H and O–H groups in total. The van der Waals surface area contributed by atoms with Crippen LogP contribution in [0.15, 0.2) is 35.1 Å². The second-order valence-electron chi connectivity index (χ2n) is 5.88. The summed E-state index contributed by atoms with van der Waals surface area (Å²) in [6.45, 7) is 0.489. The van der Waals surface area contributed by atoms with Gasteiger partial charge in [-0.2, -0.15) is 5.10 Å². The van der Waals surface area contributed by atoms with E-state index in [9.17, 15) is 9.59 Å². The molecule has 0 aromatic carbocycles. The number of hydrogen-bond acceptors (Lipinski definition) is 5. The first-order valence-electron chi connectivity index (χ1n) is 7.82. The molecule has 2 aromatic rings. The van der Waals surface area contributed by atoms with Crippen molar-refractivity contribution >= 4 is 11.8 Å². The molecule has 8 nitrogen and oxygen atoms in total. The van der Waals surface area contributed by atoms with Crippen LogP contribution in [0, 0.1) is 0 Å². The van der Waals surface area contributed by atoms with E-state index in [1.54, 1.807) is 41.2 Å². The first kappa shape index (κ1) is 16.3. The summed E-state index contributed by atoms with van der Waals surface area (Å²) in [5.74, 6) is 0.610. The second kappa shape index (κ2) is 6.88. The third-order valence-corrected chi connectivity index (χ3v) is 4.31. The Morgan fingerprint density at radius 1 is 1.42 bits per heavy atom. The fourth-order valence-corrected chi connectivity index (χ4v) is 3.02. The van der Waals surface area contributed by atoms with Crippen LogP contribution in [0.5, 0.6) is 0 Å². The molecule has 1 fully saturated rings. The van der Waals surface area contributed by atoms with E-state index in [2.05, 4.69) is 15.7 Å². The lowest BCUT2D eigenvalue weighted by Crippen LogP contribution is -2.42. The van der Waals surface area contributed by atoms with Crippen molar-refractivity contribution in [2.45, 2.75) is 25.0 Å². The van der Waals surface area contributed by atoms with Crippen molar-refractivity contribution in [3.05, 3.63) is 42.1 Å². The molecule has 0 radical (unpaired) electrons. The quantitative estimate of drug-likeness (QED) is 0.788.